The average Bonchev–Trinajstić information content (AvgIpc) is 3.12. The van der Waals surface area contributed by atoms with E-state index in [1.54, 1.807) is 0 Å². The van der Waals surface area contributed by atoms with E-state index < -0.39 is 0 Å². The van der Waals surface area contributed by atoms with Gasteiger partial charge in [-0.25, -0.2) is 0 Å². The molecule has 1 aromatic rings. The van der Waals surface area contributed by atoms with Crippen molar-refractivity contribution in [1.29, 1.82) is 5.26 Å². The highest BCUT2D eigenvalue weighted by molar-refractivity contribution is 5.59. The highest BCUT2D eigenvalue weighted by atomic mass is 15.1. The summed E-state index contributed by atoms with van der Waals surface area (Å²) in [4.78, 5) is 2.37. The summed E-state index contributed by atoms with van der Waals surface area (Å²) in [5.74, 6) is 0.860. The van der Waals surface area contributed by atoms with Gasteiger partial charge in [-0.1, -0.05) is 19.1 Å². The molecule has 0 aliphatic heterocycles. The van der Waals surface area contributed by atoms with Gasteiger partial charge in [0.05, 0.1) is 11.3 Å². The van der Waals surface area contributed by atoms with Crippen LogP contribution in [-0.2, 0) is 0 Å². The fourth-order valence-corrected chi connectivity index (χ4v) is 2.04. The Morgan fingerprint density at radius 3 is 2.75 bits per heavy atom. The number of para-hydroxylation sites is 1. The molecule has 0 unspecified atom stereocenters. The van der Waals surface area contributed by atoms with Crippen LogP contribution >= 0.6 is 0 Å². The van der Waals surface area contributed by atoms with E-state index in [1.807, 2.05) is 18.2 Å². The number of nitriles is 1. The summed E-state index contributed by atoms with van der Waals surface area (Å²) in [7, 11) is 0. The molecule has 84 valence electrons. The Bertz CT molecular complexity index is 388. The second kappa shape index (κ2) is 5.03. The summed E-state index contributed by atoms with van der Waals surface area (Å²) in [6, 6.07) is 10.2. The lowest BCUT2D eigenvalue weighted by molar-refractivity contribution is 0.707. The Balaban J connectivity index is 2.19. The molecule has 16 heavy (non-hydrogen) atoms. The van der Waals surface area contributed by atoms with Crippen molar-refractivity contribution in [2.45, 2.75) is 26.2 Å². The molecule has 2 rings (SSSR count). The fourth-order valence-electron chi connectivity index (χ4n) is 2.04. The number of hydrogen-bond acceptors (Lipinski definition) is 2. The summed E-state index contributed by atoms with van der Waals surface area (Å²) >= 11 is 0. The number of benzene rings is 1. The molecule has 0 N–H and O–H groups in total. The number of hydrogen-bond donors (Lipinski definition) is 0. The molecule has 0 spiro atoms. The molecule has 2 nitrogen and oxygen atoms in total. The molecule has 1 saturated carbocycles. The minimum atomic E-state index is 0.802. The van der Waals surface area contributed by atoms with E-state index in [4.69, 9.17) is 5.26 Å². The van der Waals surface area contributed by atoms with Gasteiger partial charge in [-0.3, -0.25) is 0 Å². The summed E-state index contributed by atoms with van der Waals surface area (Å²) in [6.07, 6.45) is 3.84. The summed E-state index contributed by atoms with van der Waals surface area (Å²) in [6.45, 7) is 4.36. The number of anilines is 1. The van der Waals surface area contributed by atoms with E-state index in [0.29, 0.717) is 0 Å². The molecule has 0 amide bonds. The van der Waals surface area contributed by atoms with Crippen molar-refractivity contribution in [1.82, 2.24) is 0 Å². The first kappa shape index (κ1) is 11.0. The van der Waals surface area contributed by atoms with Crippen LogP contribution < -0.4 is 4.90 Å². The molecule has 0 bridgehead atoms. The van der Waals surface area contributed by atoms with Crippen LogP contribution in [-0.4, -0.2) is 13.1 Å². The van der Waals surface area contributed by atoms with E-state index in [1.165, 1.54) is 12.8 Å². The van der Waals surface area contributed by atoms with Crippen molar-refractivity contribution in [3.05, 3.63) is 29.8 Å². The van der Waals surface area contributed by atoms with Crippen LogP contribution in [0, 0.1) is 17.2 Å². The van der Waals surface area contributed by atoms with Crippen molar-refractivity contribution in [2.75, 3.05) is 18.0 Å². The van der Waals surface area contributed by atoms with Crippen molar-refractivity contribution in [2.24, 2.45) is 5.92 Å². The van der Waals surface area contributed by atoms with Crippen molar-refractivity contribution in [3.63, 3.8) is 0 Å². The molecular formula is C14H18N2. The zero-order valence-electron chi connectivity index (χ0n) is 9.82. The lowest BCUT2D eigenvalue weighted by Gasteiger charge is -2.25. The van der Waals surface area contributed by atoms with E-state index in [-0.39, 0.29) is 0 Å². The van der Waals surface area contributed by atoms with Crippen LogP contribution in [0.5, 0.6) is 0 Å². The Kier molecular flexibility index (Phi) is 3.46. The lowest BCUT2D eigenvalue weighted by Crippen LogP contribution is -2.27. The maximum absolute atomic E-state index is 9.11. The minimum absolute atomic E-state index is 0.802. The monoisotopic (exact) mass is 214 g/mol. The Morgan fingerprint density at radius 1 is 1.38 bits per heavy atom. The third-order valence-corrected chi connectivity index (χ3v) is 3.03. The molecule has 0 radical (unpaired) electrons. The van der Waals surface area contributed by atoms with Gasteiger partial charge in [0.25, 0.3) is 0 Å². The zero-order chi connectivity index (χ0) is 11.4. The first-order valence-electron chi connectivity index (χ1n) is 6.09. The Labute approximate surface area is 97.5 Å². The average molecular weight is 214 g/mol. The molecule has 1 aliphatic carbocycles. The van der Waals surface area contributed by atoms with Gasteiger partial charge in [-0.05, 0) is 37.3 Å². The third-order valence-electron chi connectivity index (χ3n) is 3.03. The van der Waals surface area contributed by atoms with Gasteiger partial charge in [0.1, 0.15) is 6.07 Å². The molecule has 0 heterocycles. The topological polar surface area (TPSA) is 27.0 Å². The van der Waals surface area contributed by atoms with E-state index in [2.05, 4.69) is 24.0 Å². The number of nitrogens with zero attached hydrogens (tertiary/aromatic N) is 2. The minimum Gasteiger partial charge on any atom is -0.370 e. The van der Waals surface area contributed by atoms with Gasteiger partial charge in [0, 0.05) is 13.1 Å². The van der Waals surface area contributed by atoms with E-state index in [0.717, 1.165) is 36.7 Å². The second-order valence-electron chi connectivity index (χ2n) is 4.52. The molecule has 1 aliphatic rings. The van der Waals surface area contributed by atoms with Crippen LogP contribution in [0.25, 0.3) is 0 Å². The largest absolute Gasteiger partial charge is 0.370 e. The SMILES string of the molecule is CCCN(CC1CC1)c1ccccc1C#N. The van der Waals surface area contributed by atoms with Crippen LogP contribution in [0.1, 0.15) is 31.7 Å². The van der Waals surface area contributed by atoms with Crippen molar-refractivity contribution >= 4 is 5.69 Å². The lowest BCUT2D eigenvalue weighted by atomic mass is 10.1. The second-order valence-corrected chi connectivity index (χ2v) is 4.52. The zero-order valence-corrected chi connectivity index (χ0v) is 9.82. The molecule has 0 aromatic heterocycles. The van der Waals surface area contributed by atoms with E-state index >= 15 is 0 Å². The first-order chi connectivity index (χ1) is 7.85. The molecule has 0 atom stereocenters. The van der Waals surface area contributed by atoms with Gasteiger partial charge in [-0.2, -0.15) is 5.26 Å². The van der Waals surface area contributed by atoms with Crippen LogP contribution in [0.3, 0.4) is 0 Å². The first-order valence-corrected chi connectivity index (χ1v) is 6.09. The summed E-state index contributed by atoms with van der Waals surface area (Å²) < 4.78 is 0. The Hall–Kier alpha value is -1.49. The van der Waals surface area contributed by atoms with Gasteiger partial charge in [0.15, 0.2) is 0 Å². The molecular weight excluding hydrogens is 196 g/mol. The summed E-state index contributed by atoms with van der Waals surface area (Å²) in [5.41, 5.74) is 1.91. The molecule has 2 heteroatoms. The van der Waals surface area contributed by atoms with Gasteiger partial charge in [-0.15, -0.1) is 0 Å². The van der Waals surface area contributed by atoms with Crippen molar-refractivity contribution < 1.29 is 0 Å². The van der Waals surface area contributed by atoms with Crippen molar-refractivity contribution in [3.8, 4) is 6.07 Å². The smallest absolute Gasteiger partial charge is 0.101 e. The highest BCUT2D eigenvalue weighted by Crippen LogP contribution is 2.32. The maximum atomic E-state index is 9.11. The molecule has 1 aromatic carbocycles. The highest BCUT2D eigenvalue weighted by Gasteiger charge is 2.24. The van der Waals surface area contributed by atoms with Gasteiger partial charge >= 0.3 is 0 Å². The normalized spacial score (nSPS) is 14.5. The standard InChI is InChI=1S/C14H18N2/c1-2-9-16(11-12-7-8-12)14-6-4-3-5-13(14)10-15/h3-6,12H,2,7-9,11H2,1H3. The predicted molar refractivity (Wildman–Crippen MR) is 66.4 cm³/mol. The van der Waals surface area contributed by atoms with Crippen LogP contribution in [0.2, 0.25) is 0 Å². The predicted octanol–water partition coefficient (Wildman–Crippen LogP) is 3.18. The molecule has 1 fully saturated rings. The maximum Gasteiger partial charge on any atom is 0.101 e. The fraction of sp³-hybridized carbons (Fsp3) is 0.500. The van der Waals surface area contributed by atoms with Gasteiger partial charge in [0.2, 0.25) is 0 Å². The van der Waals surface area contributed by atoms with E-state index in [9.17, 15) is 0 Å². The van der Waals surface area contributed by atoms with Crippen LogP contribution in [0.15, 0.2) is 24.3 Å². The Morgan fingerprint density at radius 2 is 2.12 bits per heavy atom. The van der Waals surface area contributed by atoms with Gasteiger partial charge < -0.3 is 4.90 Å². The summed E-state index contributed by atoms with van der Waals surface area (Å²) in [5, 5.41) is 9.11. The number of rotatable bonds is 5. The molecule has 0 saturated heterocycles. The quantitative estimate of drug-likeness (QED) is 0.752. The third kappa shape index (κ3) is 2.55. The van der Waals surface area contributed by atoms with Crippen LogP contribution in [0.4, 0.5) is 5.69 Å².